The van der Waals surface area contributed by atoms with Gasteiger partial charge in [0.2, 0.25) is 0 Å². The van der Waals surface area contributed by atoms with Crippen molar-refractivity contribution >= 4 is 23.4 Å². The molecule has 1 aliphatic rings. The lowest BCUT2D eigenvalue weighted by Gasteiger charge is -2.35. The molecule has 0 aliphatic carbocycles. The molecule has 2 nitrogen and oxygen atoms in total. The van der Waals surface area contributed by atoms with Crippen LogP contribution in [-0.2, 0) is 4.74 Å². The van der Waals surface area contributed by atoms with E-state index < -0.39 is 5.06 Å². The fourth-order valence-electron chi connectivity index (χ4n) is 1.68. The van der Waals surface area contributed by atoms with E-state index in [1.54, 1.807) is 4.42 Å². The normalized spacial score (nSPS) is 29.4. The molecule has 84 valence electrons. The highest BCUT2D eigenvalue weighted by Crippen LogP contribution is 2.29. The number of nitrogens with zero attached hydrogens (tertiary/aromatic N) is 1. The summed E-state index contributed by atoms with van der Waals surface area (Å²) in [5, 5.41) is -0.534. The van der Waals surface area contributed by atoms with Crippen molar-refractivity contribution in [3.8, 4) is 0 Å². The minimum absolute atomic E-state index is 0.534. The van der Waals surface area contributed by atoms with Crippen LogP contribution >= 0.6 is 23.4 Å². The molecule has 0 amide bonds. The first kappa shape index (κ1) is 12.6. The molecule has 0 radical (unpaired) electrons. The number of rotatable bonds is 5. The Kier molecular flexibility index (Phi) is 5.53. The molecule has 1 rings (SSSR count). The van der Waals surface area contributed by atoms with E-state index >= 15 is 0 Å². The molecule has 4 heteroatoms. The molecule has 1 heterocycles. The van der Waals surface area contributed by atoms with Gasteiger partial charge in [-0.15, -0.1) is 0 Å². The van der Waals surface area contributed by atoms with Gasteiger partial charge in [-0.25, -0.2) is 4.42 Å². The van der Waals surface area contributed by atoms with Crippen LogP contribution in [0.4, 0.5) is 0 Å². The van der Waals surface area contributed by atoms with E-state index in [4.69, 9.17) is 28.1 Å². The smallest absolute Gasteiger partial charge is 0.155 e. The molecule has 0 aromatic carbocycles. The van der Waals surface area contributed by atoms with Crippen LogP contribution in [0.25, 0.3) is 0 Å². The van der Waals surface area contributed by atoms with Gasteiger partial charge in [0.05, 0.1) is 13.2 Å². The summed E-state index contributed by atoms with van der Waals surface area (Å²) in [4.78, 5) is 0. The second-order valence-corrected chi connectivity index (χ2v) is 5.05. The van der Waals surface area contributed by atoms with Gasteiger partial charge >= 0.3 is 0 Å². The van der Waals surface area contributed by atoms with E-state index in [9.17, 15) is 0 Å². The number of halogens is 2. The lowest BCUT2D eigenvalue weighted by molar-refractivity contribution is -0.0374. The molecule has 0 saturated carbocycles. The lowest BCUT2D eigenvalue weighted by Crippen LogP contribution is -2.44. The first-order valence-corrected chi connectivity index (χ1v) is 6.11. The largest absolute Gasteiger partial charge is 0.357 e. The summed E-state index contributed by atoms with van der Waals surface area (Å²) in [6.07, 6.45) is 5.78. The summed E-state index contributed by atoms with van der Waals surface area (Å²) in [7, 11) is 0. The monoisotopic (exact) mass is 239 g/mol. The predicted octanol–water partition coefficient (Wildman–Crippen LogP) is 3.38. The van der Waals surface area contributed by atoms with Crippen molar-refractivity contribution in [3.05, 3.63) is 0 Å². The van der Waals surface area contributed by atoms with E-state index in [0.29, 0.717) is 13.2 Å². The standard InChI is InChI=1S/C10H19Cl2NO/c1-2-3-4-5-6-10(11)9-13(12)7-8-14-10/h2-9H2,1H3. The number of alkyl halides is 1. The molecule has 14 heavy (non-hydrogen) atoms. The maximum absolute atomic E-state index is 6.30. The van der Waals surface area contributed by atoms with Crippen LogP contribution in [0.2, 0.25) is 0 Å². The fraction of sp³-hybridized carbons (Fsp3) is 1.00. The highest BCUT2D eigenvalue weighted by Gasteiger charge is 2.33. The van der Waals surface area contributed by atoms with Gasteiger partial charge in [-0.3, -0.25) is 0 Å². The summed E-state index contributed by atoms with van der Waals surface area (Å²) in [6.45, 7) is 4.24. The maximum atomic E-state index is 6.30. The number of morpholine rings is 1. The topological polar surface area (TPSA) is 12.5 Å². The van der Waals surface area contributed by atoms with Crippen molar-refractivity contribution in [2.75, 3.05) is 19.7 Å². The van der Waals surface area contributed by atoms with Crippen molar-refractivity contribution in [3.63, 3.8) is 0 Å². The van der Waals surface area contributed by atoms with Crippen LogP contribution in [0, 0.1) is 0 Å². The van der Waals surface area contributed by atoms with Crippen LogP contribution in [0.1, 0.15) is 39.0 Å². The van der Waals surface area contributed by atoms with Gasteiger partial charge in [0, 0.05) is 6.54 Å². The van der Waals surface area contributed by atoms with Gasteiger partial charge in [0.1, 0.15) is 0 Å². The quantitative estimate of drug-likeness (QED) is 0.415. The molecule has 1 saturated heterocycles. The molecule has 0 spiro atoms. The van der Waals surface area contributed by atoms with Crippen molar-refractivity contribution in [1.82, 2.24) is 4.42 Å². The Balaban J connectivity index is 2.19. The van der Waals surface area contributed by atoms with Crippen LogP contribution in [0.15, 0.2) is 0 Å². The maximum Gasteiger partial charge on any atom is 0.155 e. The van der Waals surface area contributed by atoms with Crippen molar-refractivity contribution in [2.24, 2.45) is 0 Å². The number of ether oxygens (including phenoxy) is 1. The summed E-state index contributed by atoms with van der Waals surface area (Å²) < 4.78 is 7.27. The number of unbranched alkanes of at least 4 members (excludes halogenated alkanes) is 3. The van der Waals surface area contributed by atoms with E-state index in [0.717, 1.165) is 19.4 Å². The van der Waals surface area contributed by atoms with E-state index in [1.807, 2.05) is 0 Å². The summed E-state index contributed by atoms with van der Waals surface area (Å²) in [5.74, 6) is 0. The molecule has 1 unspecified atom stereocenters. The lowest BCUT2D eigenvalue weighted by atomic mass is 10.1. The third-order valence-electron chi connectivity index (χ3n) is 2.51. The Bertz CT molecular complexity index is 168. The second-order valence-electron chi connectivity index (χ2n) is 3.89. The molecule has 0 N–H and O–H groups in total. The molecule has 1 fully saturated rings. The Morgan fingerprint density at radius 1 is 1.36 bits per heavy atom. The fourth-order valence-corrected chi connectivity index (χ4v) is 2.35. The minimum atomic E-state index is -0.534. The van der Waals surface area contributed by atoms with E-state index in [1.165, 1.54) is 19.3 Å². The predicted molar refractivity (Wildman–Crippen MR) is 60.7 cm³/mol. The molecular weight excluding hydrogens is 221 g/mol. The van der Waals surface area contributed by atoms with Crippen LogP contribution in [0.3, 0.4) is 0 Å². The summed E-state index contributed by atoms with van der Waals surface area (Å²) in [5.41, 5.74) is 0. The Hall–Kier alpha value is 0.500. The molecule has 0 bridgehead atoms. The Morgan fingerprint density at radius 2 is 2.14 bits per heavy atom. The van der Waals surface area contributed by atoms with Gasteiger partial charge < -0.3 is 4.74 Å². The molecule has 1 aliphatic heterocycles. The Labute approximate surface area is 96.6 Å². The molecule has 0 aromatic heterocycles. The third-order valence-corrected chi connectivity index (χ3v) is 3.21. The van der Waals surface area contributed by atoms with Gasteiger partial charge in [0.15, 0.2) is 5.06 Å². The third kappa shape index (κ3) is 4.35. The highest BCUT2D eigenvalue weighted by molar-refractivity contribution is 6.23. The zero-order valence-electron chi connectivity index (χ0n) is 8.77. The van der Waals surface area contributed by atoms with Crippen molar-refractivity contribution < 1.29 is 4.74 Å². The Morgan fingerprint density at radius 3 is 2.79 bits per heavy atom. The molecular formula is C10H19Cl2NO. The SMILES string of the molecule is CCCCCCC1(Cl)CN(Cl)CCO1. The second kappa shape index (κ2) is 6.16. The average Bonchev–Trinajstić information content (AvgIpc) is 2.12. The number of hydrogen-bond acceptors (Lipinski definition) is 2. The zero-order valence-corrected chi connectivity index (χ0v) is 10.3. The summed E-state index contributed by atoms with van der Waals surface area (Å²) >= 11 is 12.2. The van der Waals surface area contributed by atoms with Gasteiger partial charge in [-0.2, -0.15) is 0 Å². The first-order chi connectivity index (χ1) is 6.66. The minimum Gasteiger partial charge on any atom is -0.357 e. The zero-order chi connectivity index (χ0) is 10.4. The van der Waals surface area contributed by atoms with E-state index in [-0.39, 0.29) is 0 Å². The summed E-state index contributed by atoms with van der Waals surface area (Å²) in [6, 6.07) is 0. The van der Waals surface area contributed by atoms with Gasteiger partial charge in [0.25, 0.3) is 0 Å². The van der Waals surface area contributed by atoms with Crippen LogP contribution in [-0.4, -0.2) is 29.2 Å². The van der Waals surface area contributed by atoms with Gasteiger partial charge in [-0.1, -0.05) is 37.8 Å². The van der Waals surface area contributed by atoms with Gasteiger partial charge in [-0.05, 0) is 24.6 Å². The first-order valence-electron chi connectivity index (χ1n) is 5.40. The van der Waals surface area contributed by atoms with Crippen LogP contribution in [0.5, 0.6) is 0 Å². The highest BCUT2D eigenvalue weighted by atomic mass is 35.5. The average molecular weight is 240 g/mol. The van der Waals surface area contributed by atoms with Crippen LogP contribution < -0.4 is 0 Å². The number of hydrogen-bond donors (Lipinski definition) is 0. The van der Waals surface area contributed by atoms with E-state index in [2.05, 4.69) is 6.92 Å². The van der Waals surface area contributed by atoms with Crippen molar-refractivity contribution in [1.29, 1.82) is 0 Å². The molecule has 1 atom stereocenters. The van der Waals surface area contributed by atoms with Crippen molar-refractivity contribution in [2.45, 2.75) is 44.1 Å². The molecule has 0 aromatic rings.